The number of para-hydroxylation sites is 1. The summed E-state index contributed by atoms with van der Waals surface area (Å²) in [5.74, 6) is -7.05. The van der Waals surface area contributed by atoms with Crippen LogP contribution >= 0.6 is 0 Å². The van der Waals surface area contributed by atoms with Gasteiger partial charge in [0.2, 0.25) is 5.91 Å². The lowest BCUT2D eigenvalue weighted by Gasteiger charge is -2.25. The number of nitrogen functional groups attached to an aromatic ring is 1. The van der Waals surface area contributed by atoms with E-state index in [1.54, 1.807) is 0 Å². The van der Waals surface area contributed by atoms with Crippen LogP contribution < -0.4 is 22.1 Å². The van der Waals surface area contributed by atoms with Crippen molar-refractivity contribution in [1.82, 2.24) is 10.3 Å². The summed E-state index contributed by atoms with van der Waals surface area (Å²) >= 11 is 0. The van der Waals surface area contributed by atoms with E-state index in [0.29, 0.717) is 12.1 Å². The molecule has 1 aromatic heterocycles. The van der Waals surface area contributed by atoms with Crippen LogP contribution in [-0.4, -0.2) is 53.4 Å². The summed E-state index contributed by atoms with van der Waals surface area (Å²) in [5.41, 5.74) is 13.4. The summed E-state index contributed by atoms with van der Waals surface area (Å²) in [4.78, 5) is 35.0. The summed E-state index contributed by atoms with van der Waals surface area (Å²) in [6.07, 6.45) is -13.8. The predicted octanol–water partition coefficient (Wildman–Crippen LogP) is 5.14. The first-order chi connectivity index (χ1) is 20.1. The molecule has 0 aliphatic heterocycles. The second-order valence-electron chi connectivity index (χ2n) is 9.86. The fourth-order valence-electron chi connectivity index (χ4n) is 3.75. The lowest BCUT2D eigenvalue weighted by atomic mass is 10.0. The van der Waals surface area contributed by atoms with Gasteiger partial charge in [-0.25, -0.2) is 0 Å². The molecule has 0 spiro atoms. The Balaban J connectivity index is 0.000000477. The average Bonchev–Trinajstić information content (AvgIpc) is 3.31. The van der Waals surface area contributed by atoms with E-state index in [9.17, 15) is 53.9 Å². The van der Waals surface area contributed by atoms with Crippen molar-refractivity contribution in [2.24, 2.45) is 11.7 Å². The molecule has 0 aliphatic rings. The van der Waals surface area contributed by atoms with Crippen LogP contribution in [-0.2, 0) is 27.0 Å². The molecular formula is C27H28F9N5O3. The number of benzene rings is 2. The number of H-pyrrole nitrogens is 1. The maximum absolute atomic E-state index is 12.9. The molecule has 3 rings (SSSR count). The van der Waals surface area contributed by atoms with E-state index in [1.165, 1.54) is 6.07 Å². The van der Waals surface area contributed by atoms with Gasteiger partial charge in [-0.05, 0) is 42.2 Å². The van der Waals surface area contributed by atoms with Crippen LogP contribution in [0.1, 0.15) is 25.0 Å². The fourth-order valence-corrected chi connectivity index (χ4v) is 3.75. The maximum Gasteiger partial charge on any atom is 0.458 e. The van der Waals surface area contributed by atoms with Crippen LogP contribution in [0.2, 0.25) is 0 Å². The number of aromatic amines is 1. The quantitative estimate of drug-likeness (QED) is 0.124. The van der Waals surface area contributed by atoms with Gasteiger partial charge in [-0.1, -0.05) is 32.0 Å². The molecule has 242 valence electrons. The molecule has 7 N–H and O–H groups in total. The molecule has 17 heteroatoms. The van der Waals surface area contributed by atoms with Crippen LogP contribution in [0.15, 0.2) is 48.7 Å². The van der Waals surface area contributed by atoms with Gasteiger partial charge in [-0.15, -0.1) is 0 Å². The second-order valence-corrected chi connectivity index (χ2v) is 9.86. The number of halogens is 9. The fraction of sp³-hybridized carbons (Fsp3) is 0.370. The highest BCUT2D eigenvalue weighted by Gasteiger charge is 2.54. The molecule has 2 aromatic carbocycles. The lowest BCUT2D eigenvalue weighted by molar-refractivity contribution is -0.193. The number of amides is 1. The maximum atomic E-state index is 12.9. The van der Waals surface area contributed by atoms with Gasteiger partial charge >= 0.3 is 30.1 Å². The number of anilines is 2. The highest BCUT2D eigenvalue weighted by Crippen LogP contribution is 2.33. The van der Waals surface area contributed by atoms with Crippen molar-refractivity contribution in [2.45, 2.75) is 50.9 Å². The molecule has 0 bridgehead atoms. The number of aromatic nitrogens is 1. The number of alkyl halides is 9. The summed E-state index contributed by atoms with van der Waals surface area (Å²) in [7, 11) is 0. The van der Waals surface area contributed by atoms with Gasteiger partial charge < -0.3 is 27.1 Å². The average molecular weight is 642 g/mol. The molecule has 1 heterocycles. The number of fused-ring (bicyclic) bond motifs is 1. The Labute approximate surface area is 244 Å². The number of nitrogens with one attached hydrogen (secondary N) is 3. The summed E-state index contributed by atoms with van der Waals surface area (Å²) in [6.45, 7) is 4.13. The zero-order valence-electron chi connectivity index (χ0n) is 23.0. The first-order valence-electron chi connectivity index (χ1n) is 12.7. The molecule has 0 saturated carbocycles. The van der Waals surface area contributed by atoms with Gasteiger partial charge in [0.1, 0.15) is 0 Å². The SMILES string of the molecule is CC(C)[C@H](CNC(=O)[C@H](N)Cc1c[nH]c2ccccc12)Nc1ccc(C(F)(F)F)cc1N.O=C(C(=O)C(F)(F)F)C(F)(F)F. The molecule has 0 aliphatic carbocycles. The Hall–Kier alpha value is -4.28. The normalized spacial score (nSPS) is 13.6. The van der Waals surface area contributed by atoms with Crippen LogP contribution in [0.4, 0.5) is 50.9 Å². The molecule has 0 unspecified atom stereocenters. The highest BCUT2D eigenvalue weighted by molar-refractivity contribution is 6.41. The van der Waals surface area contributed by atoms with Crippen molar-refractivity contribution in [1.29, 1.82) is 0 Å². The molecule has 3 aromatic rings. The first-order valence-corrected chi connectivity index (χ1v) is 12.7. The van der Waals surface area contributed by atoms with Crippen molar-refractivity contribution >= 4 is 39.8 Å². The number of hydrogen-bond acceptors (Lipinski definition) is 6. The van der Waals surface area contributed by atoms with Gasteiger partial charge in [0.25, 0.3) is 0 Å². The van der Waals surface area contributed by atoms with Crippen molar-refractivity contribution in [3.63, 3.8) is 0 Å². The third-order valence-corrected chi connectivity index (χ3v) is 6.19. The summed E-state index contributed by atoms with van der Waals surface area (Å²) in [6, 6.07) is 9.97. The minimum absolute atomic E-state index is 0.00663. The zero-order valence-corrected chi connectivity index (χ0v) is 23.0. The Morgan fingerprint density at radius 2 is 1.45 bits per heavy atom. The third-order valence-electron chi connectivity index (χ3n) is 6.19. The molecule has 0 fully saturated rings. The Morgan fingerprint density at radius 1 is 0.886 bits per heavy atom. The number of Topliss-reactive ketones (excluding diaryl/α,β-unsaturated/α-hetero) is 2. The van der Waals surface area contributed by atoms with Gasteiger partial charge in [0.05, 0.1) is 23.0 Å². The van der Waals surface area contributed by atoms with Gasteiger partial charge in [-0.3, -0.25) is 14.4 Å². The Morgan fingerprint density at radius 3 is 1.95 bits per heavy atom. The number of rotatable bonds is 9. The van der Waals surface area contributed by atoms with Crippen molar-refractivity contribution in [3.8, 4) is 0 Å². The molecule has 8 nitrogen and oxygen atoms in total. The van der Waals surface area contributed by atoms with Crippen molar-refractivity contribution in [3.05, 3.63) is 59.8 Å². The largest absolute Gasteiger partial charge is 0.458 e. The van der Waals surface area contributed by atoms with E-state index in [-0.39, 0.29) is 30.1 Å². The second kappa shape index (κ2) is 14.0. The lowest BCUT2D eigenvalue weighted by Crippen LogP contribution is -2.47. The van der Waals surface area contributed by atoms with Crippen LogP contribution in [0.25, 0.3) is 10.9 Å². The number of carbonyl (C=O) groups is 3. The topological polar surface area (TPSA) is 143 Å². The molecule has 2 atom stereocenters. The van der Waals surface area contributed by atoms with E-state index in [4.69, 9.17) is 11.5 Å². The van der Waals surface area contributed by atoms with Crippen molar-refractivity contribution in [2.75, 3.05) is 17.6 Å². The van der Waals surface area contributed by atoms with E-state index in [2.05, 4.69) is 15.6 Å². The first kappa shape index (κ1) is 35.9. The smallest absolute Gasteiger partial charge is 0.397 e. The van der Waals surface area contributed by atoms with Crippen LogP contribution in [0.5, 0.6) is 0 Å². The summed E-state index contributed by atoms with van der Waals surface area (Å²) < 4.78 is 106. The monoisotopic (exact) mass is 641 g/mol. The van der Waals surface area contributed by atoms with Crippen LogP contribution in [0.3, 0.4) is 0 Å². The standard InChI is InChI=1S/C23H28F3N5O.C4F6O2/c1-13(2)21(31-20-8-7-15(10-17(20)27)23(24,25)26)12-30-22(32)18(28)9-14-11-29-19-6-4-3-5-16(14)19;5-3(6,7)1(11)2(12)4(8,9)10/h3-8,10-11,13,18,21,29,31H,9,12,27-28H2,1-2H3,(H,30,32);/t18-,21+;/m1./s1. The number of ketones is 2. The van der Waals surface area contributed by atoms with E-state index >= 15 is 0 Å². The van der Waals surface area contributed by atoms with E-state index in [1.807, 2.05) is 44.3 Å². The Kier molecular flexibility index (Phi) is 11.4. The van der Waals surface area contributed by atoms with Gasteiger partial charge in [0, 0.05) is 29.7 Å². The third kappa shape index (κ3) is 9.89. The summed E-state index contributed by atoms with van der Waals surface area (Å²) in [5, 5.41) is 7.00. The van der Waals surface area contributed by atoms with Crippen molar-refractivity contribution < 1.29 is 53.9 Å². The number of carbonyl (C=O) groups excluding carboxylic acids is 3. The highest BCUT2D eigenvalue weighted by atomic mass is 19.4. The zero-order chi connectivity index (χ0) is 33.6. The molecular weight excluding hydrogens is 613 g/mol. The number of hydrogen-bond donors (Lipinski definition) is 5. The Bertz CT molecular complexity index is 1440. The van der Waals surface area contributed by atoms with Gasteiger partial charge in [-0.2, -0.15) is 39.5 Å². The molecule has 0 radical (unpaired) electrons. The van der Waals surface area contributed by atoms with E-state index < -0.39 is 41.7 Å². The molecule has 44 heavy (non-hydrogen) atoms. The van der Waals surface area contributed by atoms with Crippen LogP contribution in [0, 0.1) is 5.92 Å². The molecule has 0 saturated heterocycles. The van der Waals surface area contributed by atoms with Gasteiger partial charge in [0.15, 0.2) is 0 Å². The minimum atomic E-state index is -5.77. The minimum Gasteiger partial charge on any atom is -0.397 e. The molecule has 1 amide bonds. The number of nitrogens with two attached hydrogens (primary N) is 2. The predicted molar refractivity (Wildman–Crippen MR) is 143 cm³/mol. The van der Waals surface area contributed by atoms with E-state index in [0.717, 1.165) is 28.6 Å².